The Labute approximate surface area is 167 Å². The topological polar surface area (TPSA) is 72.8 Å². The number of hydrogen-bond donors (Lipinski definition) is 0. The molecule has 0 amide bonds. The van der Waals surface area contributed by atoms with Gasteiger partial charge >= 0.3 is 5.97 Å². The van der Waals surface area contributed by atoms with Crippen LogP contribution in [0.25, 0.3) is 0 Å². The van der Waals surface area contributed by atoms with Crippen LogP contribution in [0.5, 0.6) is 0 Å². The van der Waals surface area contributed by atoms with Crippen LogP contribution in [-0.2, 0) is 19.4 Å². The average Bonchev–Trinajstić information content (AvgIpc) is 2.74. The van der Waals surface area contributed by atoms with Crippen molar-refractivity contribution in [1.82, 2.24) is 0 Å². The summed E-state index contributed by atoms with van der Waals surface area (Å²) in [6, 6.07) is 17.7. The number of halogens is 1. The van der Waals surface area contributed by atoms with Gasteiger partial charge in [-0.15, -0.1) is 0 Å². The second-order valence-electron chi connectivity index (χ2n) is 6.46. The van der Waals surface area contributed by atoms with Gasteiger partial charge in [0.05, 0.1) is 16.9 Å². The summed E-state index contributed by atoms with van der Waals surface area (Å²) in [6.07, 6.45) is 0. The first-order valence-corrected chi connectivity index (χ1v) is 10.3. The van der Waals surface area contributed by atoms with E-state index < -0.39 is 27.7 Å². The number of carbonyl (C=O) groups excluding carboxylic acids is 1. The summed E-state index contributed by atoms with van der Waals surface area (Å²) in [5.74, 6) is -1.14. The molecule has 0 aromatic heterocycles. The number of rotatable bonds is 3. The predicted molar refractivity (Wildman–Crippen MR) is 105 cm³/mol. The summed E-state index contributed by atoms with van der Waals surface area (Å²) >= 11 is 0. The van der Waals surface area contributed by atoms with Gasteiger partial charge in [-0.25, -0.2) is 17.6 Å². The zero-order valence-corrected chi connectivity index (χ0v) is 16.2. The van der Waals surface area contributed by atoms with Crippen LogP contribution in [0, 0.1) is 5.82 Å². The van der Waals surface area contributed by atoms with Gasteiger partial charge in [-0.05, 0) is 36.4 Å². The van der Waals surface area contributed by atoms with Crippen molar-refractivity contribution in [2.45, 2.75) is 15.8 Å². The smallest absolute Gasteiger partial charge is 0.356 e. The molecule has 0 radical (unpaired) electrons. The molecule has 29 heavy (non-hydrogen) atoms. The molecule has 1 aliphatic rings. The van der Waals surface area contributed by atoms with Gasteiger partial charge in [-0.2, -0.15) is 0 Å². The number of benzene rings is 3. The molecule has 0 unspecified atom stereocenters. The number of sulfone groups is 1. The molecule has 0 N–H and O–H groups in total. The number of hydrogen-bond acceptors (Lipinski definition) is 5. The zero-order valence-electron chi connectivity index (χ0n) is 15.4. The van der Waals surface area contributed by atoms with Gasteiger partial charge in [0.1, 0.15) is 11.9 Å². The molecule has 0 aliphatic carbocycles. The summed E-state index contributed by atoms with van der Waals surface area (Å²) in [7, 11) is -2.47. The first-order valence-electron chi connectivity index (χ1n) is 8.78. The molecule has 0 spiro atoms. The van der Waals surface area contributed by atoms with Gasteiger partial charge in [0.25, 0.3) is 0 Å². The third kappa shape index (κ3) is 3.23. The third-order valence-corrected chi connectivity index (χ3v) is 6.66. The minimum atomic E-state index is -3.70. The lowest BCUT2D eigenvalue weighted by atomic mass is 9.97. The molecule has 1 heterocycles. The van der Waals surface area contributed by atoms with E-state index in [9.17, 15) is 17.6 Å². The highest BCUT2D eigenvalue weighted by Crippen LogP contribution is 2.42. The highest BCUT2D eigenvalue weighted by atomic mass is 32.2. The van der Waals surface area contributed by atoms with Crippen molar-refractivity contribution in [3.63, 3.8) is 0 Å². The number of methoxy groups -OCH3 is 1. The molecule has 146 valence electrons. The fourth-order valence-corrected chi connectivity index (χ4v) is 5.14. The number of aliphatic imine (C=N–C) groups is 1. The van der Waals surface area contributed by atoms with Gasteiger partial charge in [0.15, 0.2) is 5.71 Å². The second kappa shape index (κ2) is 7.25. The molecule has 0 saturated carbocycles. The van der Waals surface area contributed by atoms with Crippen LogP contribution in [-0.4, -0.2) is 27.2 Å². The Morgan fingerprint density at radius 3 is 1.93 bits per heavy atom. The molecule has 7 heteroatoms. The molecular weight excluding hydrogens is 393 g/mol. The van der Waals surface area contributed by atoms with E-state index in [1.807, 2.05) is 0 Å². The Kier molecular flexibility index (Phi) is 4.76. The molecule has 3 aromatic rings. The van der Waals surface area contributed by atoms with Gasteiger partial charge < -0.3 is 4.74 Å². The van der Waals surface area contributed by atoms with Crippen molar-refractivity contribution < 1.29 is 22.3 Å². The quantitative estimate of drug-likeness (QED) is 0.488. The van der Waals surface area contributed by atoms with E-state index in [0.29, 0.717) is 16.7 Å². The summed E-state index contributed by atoms with van der Waals surface area (Å²) < 4.78 is 44.3. The minimum absolute atomic E-state index is 0.0126. The van der Waals surface area contributed by atoms with E-state index in [2.05, 4.69) is 4.99 Å². The first kappa shape index (κ1) is 19.0. The number of ether oxygens (including phenoxy) is 1. The number of nitrogens with zero attached hydrogens (tertiary/aromatic N) is 1. The molecule has 0 bridgehead atoms. The molecule has 0 atom stereocenters. The Bertz CT molecular complexity index is 1180. The summed E-state index contributed by atoms with van der Waals surface area (Å²) in [6.45, 7) is 0. The van der Waals surface area contributed by atoms with E-state index in [1.165, 1.54) is 43.5 Å². The van der Waals surface area contributed by atoms with Gasteiger partial charge in [-0.1, -0.05) is 36.4 Å². The van der Waals surface area contributed by atoms with Gasteiger partial charge in [-0.3, -0.25) is 4.99 Å². The van der Waals surface area contributed by atoms with Crippen LogP contribution in [0.3, 0.4) is 0 Å². The lowest BCUT2D eigenvalue weighted by Crippen LogP contribution is -2.22. The van der Waals surface area contributed by atoms with Crippen molar-refractivity contribution in [1.29, 1.82) is 0 Å². The molecule has 0 saturated heterocycles. The van der Waals surface area contributed by atoms with E-state index in [1.54, 1.807) is 36.4 Å². The number of esters is 1. The fourth-order valence-electron chi connectivity index (χ4n) is 3.41. The molecule has 5 nitrogen and oxygen atoms in total. The maximum Gasteiger partial charge on any atom is 0.356 e. The standard InChI is InChI=1S/C22H16FNO4S/c1-28-22(25)20(14-10-12-15(23)13-11-14)24-21-16-6-2-4-8-18(16)29(26,27)19-9-5-3-7-17(19)21/h2-13,21H,1H3. The molecule has 1 aliphatic heterocycles. The third-order valence-electron chi connectivity index (χ3n) is 4.76. The fraction of sp³-hybridized carbons (Fsp3) is 0.0909. The Morgan fingerprint density at radius 1 is 0.897 bits per heavy atom. The number of fused-ring (bicyclic) bond motifs is 2. The molecule has 4 rings (SSSR count). The van der Waals surface area contributed by atoms with Crippen molar-refractivity contribution in [3.8, 4) is 0 Å². The minimum Gasteiger partial charge on any atom is -0.464 e. The Morgan fingerprint density at radius 2 is 1.41 bits per heavy atom. The average molecular weight is 409 g/mol. The lowest BCUT2D eigenvalue weighted by molar-refractivity contribution is -0.132. The maximum absolute atomic E-state index is 13.3. The number of carbonyl (C=O) groups is 1. The van der Waals surface area contributed by atoms with Crippen LogP contribution in [0.15, 0.2) is 87.6 Å². The van der Waals surface area contributed by atoms with Gasteiger partial charge in [0, 0.05) is 16.7 Å². The van der Waals surface area contributed by atoms with Crippen molar-refractivity contribution in [2.24, 2.45) is 4.99 Å². The van der Waals surface area contributed by atoms with Crippen LogP contribution in [0.1, 0.15) is 22.7 Å². The Balaban J connectivity index is 1.98. The van der Waals surface area contributed by atoms with E-state index in [-0.39, 0.29) is 15.5 Å². The van der Waals surface area contributed by atoms with E-state index in [0.717, 1.165) is 0 Å². The van der Waals surface area contributed by atoms with Gasteiger partial charge in [0.2, 0.25) is 9.84 Å². The molecule has 3 aromatic carbocycles. The van der Waals surface area contributed by atoms with Crippen LogP contribution in [0.2, 0.25) is 0 Å². The summed E-state index contributed by atoms with van der Waals surface area (Å²) in [5.41, 5.74) is 1.30. The largest absolute Gasteiger partial charge is 0.464 e. The lowest BCUT2D eigenvalue weighted by Gasteiger charge is -2.26. The monoisotopic (exact) mass is 409 g/mol. The maximum atomic E-state index is 13.3. The van der Waals surface area contributed by atoms with E-state index >= 15 is 0 Å². The first-order chi connectivity index (χ1) is 13.9. The molecule has 0 fully saturated rings. The van der Waals surface area contributed by atoms with Crippen molar-refractivity contribution >= 4 is 21.5 Å². The van der Waals surface area contributed by atoms with Crippen LogP contribution < -0.4 is 0 Å². The predicted octanol–water partition coefficient (Wildman–Crippen LogP) is 3.72. The van der Waals surface area contributed by atoms with Crippen LogP contribution >= 0.6 is 0 Å². The molecular formula is C22H16FNO4S. The highest BCUT2D eigenvalue weighted by Gasteiger charge is 2.35. The summed E-state index contributed by atoms with van der Waals surface area (Å²) in [5, 5.41) is 0. The van der Waals surface area contributed by atoms with Crippen LogP contribution in [0.4, 0.5) is 4.39 Å². The van der Waals surface area contributed by atoms with Crippen molar-refractivity contribution in [2.75, 3.05) is 7.11 Å². The zero-order chi connectivity index (χ0) is 20.6. The summed E-state index contributed by atoms with van der Waals surface area (Å²) in [4.78, 5) is 17.4. The highest BCUT2D eigenvalue weighted by molar-refractivity contribution is 7.91. The van der Waals surface area contributed by atoms with Crippen molar-refractivity contribution in [3.05, 3.63) is 95.3 Å². The normalized spacial score (nSPS) is 15.3. The SMILES string of the molecule is COC(=O)C(=NC1c2ccccc2S(=O)(=O)c2ccccc21)c1ccc(F)cc1. The Hall–Kier alpha value is -3.32. The second-order valence-corrected chi connectivity index (χ2v) is 8.34. The van der Waals surface area contributed by atoms with E-state index in [4.69, 9.17) is 4.74 Å².